The molecule has 16 heavy (non-hydrogen) atoms. The quantitative estimate of drug-likeness (QED) is 0.785. The minimum absolute atomic E-state index is 0.00829. The number of nitrogens with zero attached hydrogens (tertiary/aromatic N) is 2. The summed E-state index contributed by atoms with van der Waals surface area (Å²) in [6, 6.07) is 5.71. The van der Waals surface area contributed by atoms with Crippen molar-refractivity contribution in [3.8, 4) is 0 Å². The minimum atomic E-state index is 0.00829. The number of anilines is 1. The number of fused-ring (bicyclic) bond motifs is 1. The van der Waals surface area contributed by atoms with Crippen LogP contribution in [0.2, 0.25) is 0 Å². The molecule has 1 aromatic carbocycles. The molecule has 2 aromatic rings. The number of hydrogen-bond acceptors (Lipinski definition) is 2. The molecule has 0 spiro atoms. The summed E-state index contributed by atoms with van der Waals surface area (Å²) in [5, 5.41) is 2.62. The van der Waals surface area contributed by atoms with E-state index in [1.165, 1.54) is 0 Å². The number of hydrogen-bond donors (Lipinski definition) is 1. The van der Waals surface area contributed by atoms with E-state index in [2.05, 4.69) is 35.6 Å². The molecule has 2 rings (SSSR count). The Morgan fingerprint density at radius 2 is 2.12 bits per heavy atom. The molecule has 1 heterocycles. The van der Waals surface area contributed by atoms with E-state index in [1.54, 1.807) is 0 Å². The predicted octanol–water partition coefficient (Wildman–Crippen LogP) is 2.36. The van der Waals surface area contributed by atoms with Crippen LogP contribution < -0.4 is 5.32 Å². The molecule has 0 aliphatic carbocycles. The zero-order chi connectivity index (χ0) is 11.8. The maximum absolute atomic E-state index is 10.3. The zero-order valence-electron chi connectivity index (χ0n) is 9.69. The summed E-state index contributed by atoms with van der Waals surface area (Å²) in [7, 11) is 0. The van der Waals surface area contributed by atoms with Crippen LogP contribution in [-0.2, 0) is 10.3 Å². The van der Waals surface area contributed by atoms with Gasteiger partial charge in [0, 0.05) is 11.2 Å². The molecule has 0 aliphatic rings. The number of benzene rings is 1. The van der Waals surface area contributed by atoms with Crippen LogP contribution in [0, 0.1) is 0 Å². The lowest BCUT2D eigenvalue weighted by molar-refractivity contribution is -0.105. The van der Waals surface area contributed by atoms with E-state index < -0.39 is 0 Å². The predicted molar refractivity (Wildman–Crippen MR) is 64.4 cm³/mol. The van der Waals surface area contributed by atoms with Gasteiger partial charge in [0.05, 0.1) is 17.4 Å². The summed E-state index contributed by atoms with van der Waals surface area (Å²) in [5.41, 5.74) is 2.74. The molecule has 0 radical (unpaired) electrons. The van der Waals surface area contributed by atoms with Gasteiger partial charge in [-0.05, 0) is 39.0 Å². The van der Waals surface area contributed by atoms with E-state index in [9.17, 15) is 4.79 Å². The van der Waals surface area contributed by atoms with Crippen molar-refractivity contribution in [2.45, 2.75) is 26.3 Å². The Hall–Kier alpha value is -1.84. The molecule has 4 heteroatoms. The van der Waals surface area contributed by atoms with Gasteiger partial charge in [-0.1, -0.05) is 0 Å². The first-order valence-electron chi connectivity index (χ1n) is 5.20. The Morgan fingerprint density at radius 1 is 1.38 bits per heavy atom. The van der Waals surface area contributed by atoms with Crippen molar-refractivity contribution in [2.75, 3.05) is 5.32 Å². The van der Waals surface area contributed by atoms with Gasteiger partial charge in [-0.15, -0.1) is 0 Å². The number of carbonyl (C=O) groups is 1. The van der Waals surface area contributed by atoms with Gasteiger partial charge >= 0.3 is 0 Å². The van der Waals surface area contributed by atoms with Crippen molar-refractivity contribution in [3.63, 3.8) is 0 Å². The number of aromatic nitrogens is 2. The lowest BCUT2D eigenvalue weighted by atomic mass is 10.1. The second-order valence-electron chi connectivity index (χ2n) is 4.75. The van der Waals surface area contributed by atoms with Gasteiger partial charge in [-0.25, -0.2) is 4.98 Å². The van der Waals surface area contributed by atoms with Crippen LogP contribution in [0.15, 0.2) is 24.5 Å². The standard InChI is InChI=1S/C12H15N3O/c1-12(2,3)15-7-13-10-6-9(14-8-16)4-5-11(10)15/h4-8H,1-3H3,(H,14,16). The first-order valence-corrected chi connectivity index (χ1v) is 5.20. The van der Waals surface area contributed by atoms with Crippen molar-refractivity contribution in [1.82, 2.24) is 9.55 Å². The van der Waals surface area contributed by atoms with E-state index in [-0.39, 0.29) is 5.54 Å². The Bertz CT molecular complexity index is 523. The first kappa shape index (κ1) is 10.7. The van der Waals surface area contributed by atoms with Crippen LogP contribution in [0.4, 0.5) is 5.69 Å². The van der Waals surface area contributed by atoms with E-state index in [0.717, 1.165) is 16.7 Å². The van der Waals surface area contributed by atoms with E-state index >= 15 is 0 Å². The number of nitrogens with one attached hydrogen (secondary N) is 1. The molecule has 0 atom stereocenters. The monoisotopic (exact) mass is 217 g/mol. The summed E-state index contributed by atoms with van der Waals surface area (Å²) in [5.74, 6) is 0. The van der Waals surface area contributed by atoms with E-state index in [1.807, 2.05) is 24.5 Å². The zero-order valence-corrected chi connectivity index (χ0v) is 9.69. The van der Waals surface area contributed by atoms with Gasteiger partial charge in [0.15, 0.2) is 0 Å². The molecule has 1 N–H and O–H groups in total. The number of amides is 1. The summed E-state index contributed by atoms with van der Waals surface area (Å²) >= 11 is 0. The molecule has 84 valence electrons. The van der Waals surface area contributed by atoms with Gasteiger partial charge in [0.1, 0.15) is 0 Å². The maximum atomic E-state index is 10.3. The molecule has 0 unspecified atom stereocenters. The molecule has 1 amide bonds. The fourth-order valence-corrected chi connectivity index (χ4v) is 1.71. The molecular weight excluding hydrogens is 202 g/mol. The lowest BCUT2D eigenvalue weighted by Gasteiger charge is -2.21. The van der Waals surface area contributed by atoms with Crippen molar-refractivity contribution in [1.29, 1.82) is 0 Å². The highest BCUT2D eigenvalue weighted by molar-refractivity contribution is 5.83. The van der Waals surface area contributed by atoms with Crippen molar-refractivity contribution < 1.29 is 4.79 Å². The van der Waals surface area contributed by atoms with Crippen LogP contribution >= 0.6 is 0 Å². The molecule has 0 saturated heterocycles. The fraction of sp³-hybridized carbons (Fsp3) is 0.333. The molecule has 0 aliphatic heterocycles. The van der Waals surface area contributed by atoms with Crippen LogP contribution in [0.25, 0.3) is 11.0 Å². The SMILES string of the molecule is CC(C)(C)n1cnc2cc(NC=O)ccc21. The molecule has 0 bridgehead atoms. The topological polar surface area (TPSA) is 46.9 Å². The highest BCUT2D eigenvalue weighted by Crippen LogP contribution is 2.23. The largest absolute Gasteiger partial charge is 0.329 e. The highest BCUT2D eigenvalue weighted by atomic mass is 16.1. The average molecular weight is 217 g/mol. The lowest BCUT2D eigenvalue weighted by Crippen LogP contribution is -2.20. The third kappa shape index (κ3) is 1.78. The third-order valence-corrected chi connectivity index (χ3v) is 2.50. The second kappa shape index (κ2) is 3.63. The highest BCUT2D eigenvalue weighted by Gasteiger charge is 2.15. The Morgan fingerprint density at radius 3 is 2.75 bits per heavy atom. The van der Waals surface area contributed by atoms with Crippen LogP contribution in [-0.4, -0.2) is 16.0 Å². The van der Waals surface area contributed by atoms with E-state index in [0.29, 0.717) is 6.41 Å². The van der Waals surface area contributed by atoms with Crippen molar-refractivity contribution >= 4 is 23.1 Å². The normalized spacial score (nSPS) is 11.7. The van der Waals surface area contributed by atoms with Crippen molar-refractivity contribution in [3.05, 3.63) is 24.5 Å². The molecule has 0 fully saturated rings. The van der Waals surface area contributed by atoms with Crippen molar-refractivity contribution in [2.24, 2.45) is 0 Å². The number of carbonyl (C=O) groups excluding carboxylic acids is 1. The van der Waals surface area contributed by atoms with Gasteiger partial charge in [-0.3, -0.25) is 4.79 Å². The molecule has 1 aromatic heterocycles. The summed E-state index contributed by atoms with van der Waals surface area (Å²) < 4.78 is 2.12. The number of rotatable bonds is 2. The smallest absolute Gasteiger partial charge is 0.211 e. The summed E-state index contributed by atoms with van der Waals surface area (Å²) in [6.45, 7) is 6.39. The average Bonchev–Trinajstić information content (AvgIpc) is 2.60. The van der Waals surface area contributed by atoms with Gasteiger partial charge in [-0.2, -0.15) is 0 Å². The minimum Gasteiger partial charge on any atom is -0.329 e. The Balaban J connectivity index is 2.55. The fourth-order valence-electron chi connectivity index (χ4n) is 1.71. The Labute approximate surface area is 94.3 Å². The molecule has 0 saturated carbocycles. The second-order valence-corrected chi connectivity index (χ2v) is 4.75. The van der Waals surface area contributed by atoms with Gasteiger partial charge < -0.3 is 9.88 Å². The van der Waals surface area contributed by atoms with Crippen LogP contribution in [0.1, 0.15) is 20.8 Å². The molecule has 4 nitrogen and oxygen atoms in total. The van der Waals surface area contributed by atoms with Gasteiger partial charge in [0.2, 0.25) is 6.41 Å². The van der Waals surface area contributed by atoms with Crippen LogP contribution in [0.3, 0.4) is 0 Å². The summed E-state index contributed by atoms with van der Waals surface area (Å²) in [6.07, 6.45) is 2.50. The van der Waals surface area contributed by atoms with Crippen LogP contribution in [0.5, 0.6) is 0 Å². The first-order chi connectivity index (χ1) is 7.52. The number of imidazole rings is 1. The van der Waals surface area contributed by atoms with E-state index in [4.69, 9.17) is 0 Å². The molecular formula is C12H15N3O. The maximum Gasteiger partial charge on any atom is 0.211 e. The third-order valence-electron chi connectivity index (χ3n) is 2.50. The van der Waals surface area contributed by atoms with Gasteiger partial charge in [0.25, 0.3) is 0 Å². The summed E-state index contributed by atoms with van der Waals surface area (Å²) in [4.78, 5) is 14.7. The Kier molecular flexibility index (Phi) is 2.42.